The Balaban J connectivity index is 1.62. The molecule has 1 N–H and O–H groups in total. The second kappa shape index (κ2) is 7.66. The summed E-state index contributed by atoms with van der Waals surface area (Å²) in [5, 5.41) is 2.82. The Labute approximate surface area is 152 Å². The second-order valence-corrected chi connectivity index (χ2v) is 6.10. The molecule has 0 bridgehead atoms. The number of ether oxygens (including phenoxy) is 1. The van der Waals surface area contributed by atoms with Crippen LogP contribution in [-0.4, -0.2) is 11.9 Å². The molecule has 3 rings (SSSR count). The highest BCUT2D eigenvalue weighted by Gasteiger charge is 2.09. The molecule has 0 spiro atoms. The number of benzene rings is 3. The van der Waals surface area contributed by atoms with E-state index in [1.54, 1.807) is 48.5 Å². The first kappa shape index (κ1) is 17.4. The molecule has 0 heterocycles. The summed E-state index contributed by atoms with van der Waals surface area (Å²) in [6.07, 6.45) is 0. The van der Waals surface area contributed by atoms with Crippen LogP contribution in [0.2, 0.25) is 0 Å². The van der Waals surface area contributed by atoms with E-state index in [9.17, 15) is 9.59 Å². The van der Waals surface area contributed by atoms with Gasteiger partial charge < -0.3 is 10.1 Å². The number of amides is 1. The monoisotopic (exact) mass is 345 g/mol. The van der Waals surface area contributed by atoms with Gasteiger partial charge in [0.15, 0.2) is 0 Å². The average Bonchev–Trinajstić information content (AvgIpc) is 2.64. The summed E-state index contributed by atoms with van der Waals surface area (Å²) in [6, 6.07) is 21.2. The van der Waals surface area contributed by atoms with Gasteiger partial charge in [-0.05, 0) is 62.4 Å². The minimum absolute atomic E-state index is 0.186. The van der Waals surface area contributed by atoms with E-state index < -0.39 is 5.97 Å². The van der Waals surface area contributed by atoms with Crippen LogP contribution in [0.15, 0.2) is 72.8 Å². The normalized spacial score (nSPS) is 10.2. The summed E-state index contributed by atoms with van der Waals surface area (Å²) in [6.45, 7) is 3.93. The standard InChI is InChI=1S/C22H19NO3/c1-15-3-7-17(8-4-15)21(24)23-19-11-13-20(14-12-19)26-22(25)18-9-5-16(2)6-10-18/h3-14H,1-2H3,(H,23,24). The molecule has 0 aliphatic rings. The number of esters is 1. The highest BCUT2D eigenvalue weighted by atomic mass is 16.5. The topological polar surface area (TPSA) is 55.4 Å². The minimum atomic E-state index is -0.415. The Morgan fingerprint density at radius 3 is 1.73 bits per heavy atom. The van der Waals surface area contributed by atoms with Crippen LogP contribution in [-0.2, 0) is 0 Å². The lowest BCUT2D eigenvalue weighted by Crippen LogP contribution is -2.12. The molecule has 26 heavy (non-hydrogen) atoms. The first-order valence-electron chi connectivity index (χ1n) is 8.28. The number of hydrogen-bond donors (Lipinski definition) is 1. The molecule has 0 radical (unpaired) electrons. The summed E-state index contributed by atoms with van der Waals surface area (Å²) in [4.78, 5) is 24.3. The Kier molecular flexibility index (Phi) is 5.13. The number of anilines is 1. The van der Waals surface area contributed by atoms with E-state index in [0.717, 1.165) is 11.1 Å². The quantitative estimate of drug-likeness (QED) is 0.547. The maximum absolute atomic E-state index is 12.2. The van der Waals surface area contributed by atoms with Crippen LogP contribution < -0.4 is 10.1 Å². The Hall–Kier alpha value is -3.40. The van der Waals surface area contributed by atoms with Crippen molar-refractivity contribution in [1.29, 1.82) is 0 Å². The van der Waals surface area contributed by atoms with E-state index in [2.05, 4.69) is 5.32 Å². The van der Waals surface area contributed by atoms with Crippen molar-refractivity contribution in [3.8, 4) is 5.75 Å². The largest absolute Gasteiger partial charge is 0.423 e. The van der Waals surface area contributed by atoms with Gasteiger partial charge in [0.25, 0.3) is 5.91 Å². The summed E-state index contributed by atoms with van der Waals surface area (Å²) < 4.78 is 5.35. The maximum atomic E-state index is 12.2. The van der Waals surface area contributed by atoms with Gasteiger partial charge in [-0.2, -0.15) is 0 Å². The fourth-order valence-electron chi connectivity index (χ4n) is 2.37. The van der Waals surface area contributed by atoms with Gasteiger partial charge in [-0.25, -0.2) is 4.79 Å². The lowest BCUT2D eigenvalue weighted by atomic mass is 10.1. The number of aryl methyl sites for hydroxylation is 2. The second-order valence-electron chi connectivity index (χ2n) is 6.10. The van der Waals surface area contributed by atoms with Gasteiger partial charge in [0, 0.05) is 11.3 Å². The molecule has 4 heteroatoms. The van der Waals surface area contributed by atoms with E-state index >= 15 is 0 Å². The molecule has 3 aromatic rings. The summed E-state index contributed by atoms with van der Waals surface area (Å²) in [7, 11) is 0. The van der Waals surface area contributed by atoms with E-state index in [4.69, 9.17) is 4.74 Å². The number of rotatable bonds is 4. The van der Waals surface area contributed by atoms with E-state index in [0.29, 0.717) is 22.6 Å². The zero-order valence-corrected chi connectivity index (χ0v) is 14.7. The fourth-order valence-corrected chi connectivity index (χ4v) is 2.37. The minimum Gasteiger partial charge on any atom is -0.423 e. The van der Waals surface area contributed by atoms with Gasteiger partial charge >= 0.3 is 5.97 Å². The zero-order valence-electron chi connectivity index (χ0n) is 14.7. The highest BCUT2D eigenvalue weighted by molar-refractivity contribution is 6.04. The van der Waals surface area contributed by atoms with E-state index in [1.165, 1.54) is 0 Å². The van der Waals surface area contributed by atoms with Crippen LogP contribution >= 0.6 is 0 Å². The third kappa shape index (κ3) is 4.36. The molecule has 0 saturated carbocycles. The molecule has 0 fully saturated rings. The van der Waals surface area contributed by atoms with Crippen LogP contribution in [0.3, 0.4) is 0 Å². The predicted octanol–water partition coefficient (Wildman–Crippen LogP) is 4.77. The molecule has 1 amide bonds. The Morgan fingerprint density at radius 1 is 0.692 bits per heavy atom. The van der Waals surface area contributed by atoms with Crippen molar-refractivity contribution < 1.29 is 14.3 Å². The lowest BCUT2D eigenvalue weighted by Gasteiger charge is -2.08. The van der Waals surface area contributed by atoms with Crippen LogP contribution in [0.5, 0.6) is 5.75 Å². The summed E-state index contributed by atoms with van der Waals surface area (Å²) >= 11 is 0. The lowest BCUT2D eigenvalue weighted by molar-refractivity contribution is 0.0734. The van der Waals surface area contributed by atoms with Gasteiger partial charge in [-0.1, -0.05) is 35.4 Å². The van der Waals surface area contributed by atoms with Crippen molar-refractivity contribution >= 4 is 17.6 Å². The number of carbonyl (C=O) groups is 2. The van der Waals surface area contributed by atoms with E-state index in [-0.39, 0.29) is 5.91 Å². The first-order chi connectivity index (χ1) is 12.5. The molecule has 3 aromatic carbocycles. The van der Waals surface area contributed by atoms with Crippen molar-refractivity contribution in [2.45, 2.75) is 13.8 Å². The Morgan fingerprint density at radius 2 is 1.19 bits per heavy atom. The van der Waals surface area contributed by atoms with Gasteiger partial charge in [0.1, 0.15) is 5.75 Å². The number of nitrogens with one attached hydrogen (secondary N) is 1. The van der Waals surface area contributed by atoms with Crippen LogP contribution in [0.1, 0.15) is 31.8 Å². The van der Waals surface area contributed by atoms with Crippen molar-refractivity contribution in [3.05, 3.63) is 95.1 Å². The molecule has 0 aromatic heterocycles. The first-order valence-corrected chi connectivity index (χ1v) is 8.28. The maximum Gasteiger partial charge on any atom is 0.343 e. The van der Waals surface area contributed by atoms with Crippen LogP contribution in [0.4, 0.5) is 5.69 Å². The number of carbonyl (C=O) groups excluding carboxylic acids is 2. The van der Waals surface area contributed by atoms with Crippen LogP contribution in [0, 0.1) is 13.8 Å². The van der Waals surface area contributed by atoms with Gasteiger partial charge in [-0.3, -0.25) is 4.79 Å². The van der Waals surface area contributed by atoms with Crippen molar-refractivity contribution in [3.63, 3.8) is 0 Å². The summed E-state index contributed by atoms with van der Waals surface area (Å²) in [5.74, 6) is -0.181. The summed E-state index contributed by atoms with van der Waals surface area (Å²) in [5.41, 5.74) is 3.89. The fraction of sp³-hybridized carbons (Fsp3) is 0.0909. The van der Waals surface area contributed by atoms with Gasteiger partial charge in [0.2, 0.25) is 0 Å². The van der Waals surface area contributed by atoms with E-state index in [1.807, 2.05) is 38.1 Å². The smallest absolute Gasteiger partial charge is 0.343 e. The molecule has 0 saturated heterocycles. The molecule has 0 aliphatic heterocycles. The van der Waals surface area contributed by atoms with Gasteiger partial charge in [-0.15, -0.1) is 0 Å². The molecule has 4 nitrogen and oxygen atoms in total. The molecular weight excluding hydrogens is 326 g/mol. The molecule has 0 unspecified atom stereocenters. The molecule has 130 valence electrons. The molecular formula is C22H19NO3. The number of hydrogen-bond acceptors (Lipinski definition) is 3. The highest BCUT2D eigenvalue weighted by Crippen LogP contribution is 2.18. The molecule has 0 aliphatic carbocycles. The Bertz CT molecular complexity index is 833. The predicted molar refractivity (Wildman–Crippen MR) is 102 cm³/mol. The van der Waals surface area contributed by atoms with Crippen molar-refractivity contribution in [2.24, 2.45) is 0 Å². The van der Waals surface area contributed by atoms with Gasteiger partial charge in [0.05, 0.1) is 5.56 Å². The SMILES string of the molecule is Cc1ccc(C(=O)Nc2ccc(OC(=O)c3ccc(C)cc3)cc2)cc1. The third-order valence-electron chi connectivity index (χ3n) is 3.92. The third-order valence-corrected chi connectivity index (χ3v) is 3.92. The van der Waals surface area contributed by atoms with Crippen molar-refractivity contribution in [1.82, 2.24) is 0 Å². The molecule has 0 atom stereocenters. The average molecular weight is 345 g/mol. The van der Waals surface area contributed by atoms with Crippen molar-refractivity contribution in [2.75, 3.05) is 5.32 Å². The van der Waals surface area contributed by atoms with Crippen LogP contribution in [0.25, 0.3) is 0 Å². The zero-order chi connectivity index (χ0) is 18.5.